The van der Waals surface area contributed by atoms with Gasteiger partial charge in [0.15, 0.2) is 0 Å². The topological polar surface area (TPSA) is 73.5 Å². The number of amides is 1. The van der Waals surface area contributed by atoms with Gasteiger partial charge in [0.05, 0.1) is 11.1 Å². The molecule has 31 heavy (non-hydrogen) atoms. The van der Waals surface area contributed by atoms with Gasteiger partial charge in [-0.05, 0) is 44.0 Å². The number of carbonyl (C=O) groups excluding carboxylic acids is 1. The standard InChI is InChI=1S/C23H28ClN5O2/c1-15-21(29-10-6-17(7-11-29)31-14-22(30)28(2)3)5-9-26-23(15)27-16-12-19(24)18-4-8-25-20(18)13-16/h4-5,8-9,12-13,17,25H,6-7,10-11,14H2,1-3H3,(H,26,27). The van der Waals surface area contributed by atoms with Crippen LogP contribution < -0.4 is 10.2 Å². The van der Waals surface area contributed by atoms with Gasteiger partial charge in [-0.15, -0.1) is 0 Å². The molecule has 0 saturated carbocycles. The molecule has 0 unspecified atom stereocenters. The molecule has 2 aromatic heterocycles. The minimum absolute atomic E-state index is 0.000707. The first kappa shape index (κ1) is 21.5. The zero-order valence-corrected chi connectivity index (χ0v) is 18.9. The Balaban J connectivity index is 1.42. The van der Waals surface area contributed by atoms with Crippen LogP contribution in [0.25, 0.3) is 10.9 Å². The Morgan fingerprint density at radius 3 is 2.84 bits per heavy atom. The number of aromatic amines is 1. The largest absolute Gasteiger partial charge is 0.371 e. The number of halogens is 1. The van der Waals surface area contributed by atoms with Gasteiger partial charge in [-0.3, -0.25) is 4.79 Å². The number of piperidine rings is 1. The van der Waals surface area contributed by atoms with Crippen LogP contribution in [-0.2, 0) is 9.53 Å². The number of hydrogen-bond donors (Lipinski definition) is 2. The molecule has 1 amide bonds. The van der Waals surface area contributed by atoms with E-state index in [4.69, 9.17) is 16.3 Å². The zero-order chi connectivity index (χ0) is 22.0. The van der Waals surface area contributed by atoms with Crippen molar-refractivity contribution in [2.45, 2.75) is 25.9 Å². The Hall–Kier alpha value is -2.77. The number of anilines is 3. The molecule has 0 spiro atoms. The van der Waals surface area contributed by atoms with Crippen LogP contribution >= 0.6 is 11.6 Å². The van der Waals surface area contributed by atoms with Crippen LogP contribution in [0.2, 0.25) is 5.02 Å². The average molecular weight is 442 g/mol. The lowest BCUT2D eigenvalue weighted by molar-refractivity contribution is -0.136. The fourth-order valence-corrected chi connectivity index (χ4v) is 4.19. The second kappa shape index (κ2) is 9.16. The van der Waals surface area contributed by atoms with E-state index in [-0.39, 0.29) is 18.6 Å². The van der Waals surface area contributed by atoms with E-state index in [0.717, 1.165) is 59.6 Å². The summed E-state index contributed by atoms with van der Waals surface area (Å²) in [5.41, 5.74) is 4.13. The predicted octanol–water partition coefficient (Wildman–Crippen LogP) is 4.34. The maximum absolute atomic E-state index is 11.7. The summed E-state index contributed by atoms with van der Waals surface area (Å²) in [6.07, 6.45) is 5.62. The van der Waals surface area contributed by atoms with Crippen molar-refractivity contribution >= 4 is 45.6 Å². The SMILES string of the molecule is Cc1c(N2CCC(OCC(=O)N(C)C)CC2)ccnc1Nc1cc(Cl)c2cc[nH]c2c1. The highest BCUT2D eigenvalue weighted by molar-refractivity contribution is 6.35. The van der Waals surface area contributed by atoms with E-state index in [0.29, 0.717) is 5.02 Å². The molecule has 1 aliphatic heterocycles. The monoisotopic (exact) mass is 441 g/mol. The number of benzene rings is 1. The Morgan fingerprint density at radius 1 is 1.32 bits per heavy atom. The number of likely N-dealkylation sites (N-methyl/N-ethyl adjacent to an activating group) is 1. The van der Waals surface area contributed by atoms with Gasteiger partial charge in [0.1, 0.15) is 12.4 Å². The molecular weight excluding hydrogens is 414 g/mol. The lowest BCUT2D eigenvalue weighted by atomic mass is 10.1. The molecule has 3 heterocycles. The molecule has 7 nitrogen and oxygen atoms in total. The molecule has 4 rings (SSSR count). The third-order valence-corrected chi connectivity index (χ3v) is 6.09. The van der Waals surface area contributed by atoms with E-state index in [1.165, 1.54) is 0 Å². The number of aromatic nitrogens is 2. The smallest absolute Gasteiger partial charge is 0.248 e. The van der Waals surface area contributed by atoms with E-state index >= 15 is 0 Å². The van der Waals surface area contributed by atoms with Gasteiger partial charge in [0.2, 0.25) is 5.91 Å². The molecule has 8 heteroatoms. The molecule has 0 radical (unpaired) electrons. The minimum Gasteiger partial charge on any atom is -0.371 e. The van der Waals surface area contributed by atoms with Crippen molar-refractivity contribution in [2.24, 2.45) is 0 Å². The number of pyridine rings is 1. The van der Waals surface area contributed by atoms with Gasteiger partial charge in [-0.1, -0.05) is 11.6 Å². The van der Waals surface area contributed by atoms with E-state index in [1.807, 2.05) is 30.6 Å². The van der Waals surface area contributed by atoms with Crippen LogP contribution in [0.3, 0.4) is 0 Å². The summed E-state index contributed by atoms with van der Waals surface area (Å²) in [6, 6.07) is 7.98. The van der Waals surface area contributed by atoms with Gasteiger partial charge < -0.3 is 24.8 Å². The summed E-state index contributed by atoms with van der Waals surface area (Å²) in [4.78, 5) is 23.4. The molecule has 1 aliphatic rings. The van der Waals surface area contributed by atoms with Gasteiger partial charge in [-0.2, -0.15) is 0 Å². The Labute approximate surface area is 187 Å². The van der Waals surface area contributed by atoms with Crippen molar-refractivity contribution in [1.29, 1.82) is 0 Å². The molecule has 1 fully saturated rings. The van der Waals surface area contributed by atoms with Crippen LogP contribution in [0.1, 0.15) is 18.4 Å². The maximum Gasteiger partial charge on any atom is 0.248 e. The van der Waals surface area contributed by atoms with Crippen LogP contribution in [0.4, 0.5) is 17.2 Å². The maximum atomic E-state index is 11.7. The number of fused-ring (bicyclic) bond motifs is 1. The fourth-order valence-electron chi connectivity index (χ4n) is 3.91. The molecule has 3 aromatic rings. The van der Waals surface area contributed by atoms with E-state index in [9.17, 15) is 4.79 Å². The van der Waals surface area contributed by atoms with Crippen molar-refractivity contribution in [1.82, 2.24) is 14.9 Å². The number of H-pyrrole nitrogens is 1. The van der Waals surface area contributed by atoms with Crippen LogP contribution in [-0.4, -0.2) is 60.7 Å². The predicted molar refractivity (Wildman–Crippen MR) is 125 cm³/mol. The summed E-state index contributed by atoms with van der Waals surface area (Å²) < 4.78 is 5.80. The van der Waals surface area contributed by atoms with Crippen LogP contribution in [0.5, 0.6) is 0 Å². The number of rotatable bonds is 6. The zero-order valence-electron chi connectivity index (χ0n) is 18.1. The number of ether oxygens (including phenoxy) is 1. The van der Waals surface area contributed by atoms with E-state index in [1.54, 1.807) is 19.0 Å². The molecular formula is C23H28ClN5O2. The lowest BCUT2D eigenvalue weighted by Gasteiger charge is -2.34. The van der Waals surface area contributed by atoms with Crippen molar-refractivity contribution in [2.75, 3.05) is 44.0 Å². The average Bonchev–Trinajstić information content (AvgIpc) is 3.23. The van der Waals surface area contributed by atoms with Gasteiger partial charge in [-0.25, -0.2) is 4.98 Å². The van der Waals surface area contributed by atoms with Gasteiger partial charge in [0.25, 0.3) is 0 Å². The number of hydrogen-bond acceptors (Lipinski definition) is 5. The molecule has 2 N–H and O–H groups in total. The number of nitrogens with one attached hydrogen (secondary N) is 2. The highest BCUT2D eigenvalue weighted by atomic mass is 35.5. The minimum atomic E-state index is 0.000707. The third-order valence-electron chi connectivity index (χ3n) is 5.78. The van der Waals surface area contributed by atoms with Crippen LogP contribution in [0, 0.1) is 6.92 Å². The first-order chi connectivity index (χ1) is 14.9. The first-order valence-corrected chi connectivity index (χ1v) is 10.9. The van der Waals surface area contributed by atoms with E-state index in [2.05, 4.69) is 33.2 Å². The fraction of sp³-hybridized carbons (Fsp3) is 0.391. The Bertz CT molecular complexity index is 1070. The van der Waals surface area contributed by atoms with Crippen molar-refractivity contribution < 1.29 is 9.53 Å². The Morgan fingerprint density at radius 2 is 2.10 bits per heavy atom. The summed E-state index contributed by atoms with van der Waals surface area (Å²) in [7, 11) is 3.49. The summed E-state index contributed by atoms with van der Waals surface area (Å²) in [5, 5.41) is 5.12. The van der Waals surface area contributed by atoms with E-state index < -0.39 is 0 Å². The van der Waals surface area contributed by atoms with Crippen molar-refractivity contribution in [3.8, 4) is 0 Å². The summed E-state index contributed by atoms with van der Waals surface area (Å²) >= 11 is 6.41. The second-order valence-corrected chi connectivity index (χ2v) is 8.52. The van der Waals surface area contributed by atoms with Crippen molar-refractivity contribution in [3.63, 3.8) is 0 Å². The van der Waals surface area contributed by atoms with Crippen LogP contribution in [0.15, 0.2) is 36.7 Å². The molecule has 1 saturated heterocycles. The number of nitrogens with zero attached hydrogens (tertiary/aromatic N) is 3. The van der Waals surface area contributed by atoms with Gasteiger partial charge >= 0.3 is 0 Å². The highest BCUT2D eigenvalue weighted by Gasteiger charge is 2.23. The highest BCUT2D eigenvalue weighted by Crippen LogP contribution is 2.32. The quantitative estimate of drug-likeness (QED) is 0.595. The first-order valence-electron chi connectivity index (χ1n) is 10.5. The molecule has 0 aliphatic carbocycles. The molecule has 164 valence electrons. The molecule has 1 aromatic carbocycles. The normalized spacial score (nSPS) is 14.8. The third kappa shape index (κ3) is 4.78. The number of carbonyl (C=O) groups is 1. The molecule has 0 atom stereocenters. The summed E-state index contributed by atoms with van der Waals surface area (Å²) in [5.74, 6) is 0.815. The Kier molecular flexibility index (Phi) is 6.34. The second-order valence-electron chi connectivity index (χ2n) is 8.11. The lowest BCUT2D eigenvalue weighted by Crippen LogP contribution is -2.39. The molecule has 0 bridgehead atoms. The summed E-state index contributed by atoms with van der Waals surface area (Å²) in [6.45, 7) is 3.99. The van der Waals surface area contributed by atoms with Gasteiger partial charge in [0, 0.05) is 67.4 Å². The van der Waals surface area contributed by atoms with Crippen molar-refractivity contribution in [3.05, 3.63) is 47.2 Å².